The van der Waals surface area contributed by atoms with Crippen LogP contribution in [0.3, 0.4) is 0 Å². The third-order valence-electron chi connectivity index (χ3n) is 2.80. The summed E-state index contributed by atoms with van der Waals surface area (Å²) in [5.74, 6) is 5.35. The van der Waals surface area contributed by atoms with E-state index in [4.69, 9.17) is 4.74 Å². The summed E-state index contributed by atoms with van der Waals surface area (Å²) < 4.78 is 20.7. The summed E-state index contributed by atoms with van der Waals surface area (Å²) in [6.45, 7) is 1.92. The number of ether oxygens (including phenoxy) is 1. The standard InChI is InChI=1S/C16H13FNO2.Y/c1-3-4-10-20-12-8-9-13(14(17)11-12)15-6-5-7-16(19)18(15)2;/h5,7-9,11H,10H2,1-2H3;/q-1;. The third kappa shape index (κ3) is 4.26. The zero-order valence-electron chi connectivity index (χ0n) is 11.8. The fraction of sp³-hybridized carbons (Fsp3) is 0.188. The average molecular weight is 359 g/mol. The second kappa shape index (κ2) is 8.12. The molecule has 3 nitrogen and oxygen atoms in total. The molecule has 0 amide bonds. The van der Waals surface area contributed by atoms with E-state index in [1.54, 1.807) is 26.1 Å². The van der Waals surface area contributed by atoms with Crippen LogP contribution in [-0.4, -0.2) is 11.2 Å². The van der Waals surface area contributed by atoms with Gasteiger partial charge in [-0.25, -0.2) is 4.39 Å². The second-order valence-corrected chi connectivity index (χ2v) is 4.08. The van der Waals surface area contributed by atoms with Gasteiger partial charge in [0.15, 0.2) is 5.56 Å². The van der Waals surface area contributed by atoms with Gasteiger partial charge >= 0.3 is 0 Å². The number of hydrogen-bond donors (Lipinski definition) is 0. The zero-order valence-corrected chi connectivity index (χ0v) is 14.7. The van der Waals surface area contributed by atoms with Crippen LogP contribution in [0, 0.1) is 23.7 Å². The van der Waals surface area contributed by atoms with E-state index in [0.29, 0.717) is 17.0 Å². The van der Waals surface area contributed by atoms with Gasteiger partial charge in [0.05, 0.1) is 5.82 Å². The Labute approximate surface area is 148 Å². The Balaban J connectivity index is 0.00000220. The summed E-state index contributed by atoms with van der Waals surface area (Å²) in [4.78, 5) is 11.5. The van der Waals surface area contributed by atoms with E-state index in [1.807, 2.05) is 0 Å². The molecule has 21 heavy (non-hydrogen) atoms. The largest absolute Gasteiger partial charge is 0.481 e. The summed E-state index contributed by atoms with van der Waals surface area (Å²) >= 11 is 0. The Bertz CT molecular complexity index is 744. The molecule has 0 atom stereocenters. The molecule has 2 aromatic rings. The minimum Gasteiger partial charge on any atom is -0.481 e. The number of aromatic nitrogens is 1. The van der Waals surface area contributed by atoms with E-state index < -0.39 is 5.82 Å². The summed E-state index contributed by atoms with van der Waals surface area (Å²) in [5.41, 5.74) is 0.491. The first-order valence-electron chi connectivity index (χ1n) is 6.03. The normalized spacial score (nSPS) is 9.29. The first-order valence-corrected chi connectivity index (χ1v) is 6.03. The maximum atomic E-state index is 14.1. The summed E-state index contributed by atoms with van der Waals surface area (Å²) in [6.07, 6.45) is 0. The van der Waals surface area contributed by atoms with Crippen molar-refractivity contribution in [3.05, 3.63) is 52.6 Å². The molecule has 0 aliphatic heterocycles. The summed E-state index contributed by atoms with van der Waals surface area (Å²) in [5, 5.41) is 0. The predicted molar refractivity (Wildman–Crippen MR) is 74.9 cm³/mol. The molecule has 0 aliphatic rings. The van der Waals surface area contributed by atoms with Gasteiger partial charge in [0, 0.05) is 45.8 Å². The molecule has 1 radical (unpaired) electrons. The average Bonchev–Trinajstić information content (AvgIpc) is 2.43. The van der Waals surface area contributed by atoms with Gasteiger partial charge in [-0.05, 0) is 13.0 Å². The molecule has 1 aromatic carbocycles. The SMILES string of the molecule is CC#CCOc1ccc(-c2[c-]ccc(=O)n2C)c(F)c1.[Y]. The van der Waals surface area contributed by atoms with E-state index >= 15 is 0 Å². The van der Waals surface area contributed by atoms with Crippen molar-refractivity contribution >= 4 is 0 Å². The number of hydrogen-bond acceptors (Lipinski definition) is 2. The number of pyridine rings is 1. The van der Waals surface area contributed by atoms with Gasteiger partial charge in [0.2, 0.25) is 0 Å². The zero-order chi connectivity index (χ0) is 14.5. The van der Waals surface area contributed by atoms with Crippen LogP contribution < -0.4 is 10.3 Å². The van der Waals surface area contributed by atoms with Crippen LogP contribution in [0.25, 0.3) is 11.3 Å². The Hall–Kier alpha value is -1.44. The first-order chi connectivity index (χ1) is 9.63. The smallest absolute Gasteiger partial charge is 0.194 e. The number of halogens is 1. The van der Waals surface area contributed by atoms with Crippen molar-refractivity contribution in [2.75, 3.05) is 6.61 Å². The molecule has 0 aliphatic carbocycles. The minimum absolute atomic E-state index is 0. The van der Waals surface area contributed by atoms with Crippen molar-refractivity contribution in [2.45, 2.75) is 6.92 Å². The molecule has 105 valence electrons. The molecule has 0 saturated carbocycles. The van der Waals surface area contributed by atoms with Crippen LogP contribution in [0.5, 0.6) is 5.75 Å². The van der Waals surface area contributed by atoms with E-state index in [-0.39, 0.29) is 44.9 Å². The molecular formula is C16H13FNO2Y-. The summed E-state index contributed by atoms with van der Waals surface area (Å²) in [7, 11) is 1.58. The Kier molecular flexibility index (Phi) is 6.81. The maximum Gasteiger partial charge on any atom is 0.194 e. The molecule has 0 spiro atoms. The topological polar surface area (TPSA) is 31.2 Å². The first kappa shape index (κ1) is 17.6. The van der Waals surface area contributed by atoms with Crippen LogP contribution in [0.1, 0.15) is 6.92 Å². The minimum atomic E-state index is -0.468. The van der Waals surface area contributed by atoms with Crippen LogP contribution in [-0.2, 0) is 39.8 Å². The van der Waals surface area contributed by atoms with Gasteiger partial charge in [-0.15, -0.1) is 12.0 Å². The van der Waals surface area contributed by atoms with Gasteiger partial charge in [-0.2, -0.15) is 12.1 Å². The fourth-order valence-electron chi connectivity index (χ4n) is 1.74. The van der Waals surface area contributed by atoms with Gasteiger partial charge in [-0.1, -0.05) is 23.2 Å². The van der Waals surface area contributed by atoms with Crippen molar-refractivity contribution < 1.29 is 41.8 Å². The molecule has 0 fully saturated rings. The molecule has 0 saturated heterocycles. The Morgan fingerprint density at radius 1 is 1.38 bits per heavy atom. The van der Waals surface area contributed by atoms with Crippen molar-refractivity contribution in [2.24, 2.45) is 7.05 Å². The predicted octanol–water partition coefficient (Wildman–Crippen LogP) is 2.39. The van der Waals surface area contributed by atoms with Crippen molar-refractivity contribution in [3.8, 4) is 28.8 Å². The molecule has 2 rings (SSSR count). The monoisotopic (exact) mass is 359 g/mol. The van der Waals surface area contributed by atoms with Gasteiger partial charge in [-0.3, -0.25) is 4.79 Å². The van der Waals surface area contributed by atoms with Gasteiger partial charge in [0.25, 0.3) is 0 Å². The van der Waals surface area contributed by atoms with Crippen molar-refractivity contribution in [3.63, 3.8) is 0 Å². The molecular weight excluding hydrogens is 346 g/mol. The maximum absolute atomic E-state index is 14.1. The van der Waals surface area contributed by atoms with Crippen LogP contribution >= 0.6 is 0 Å². The van der Waals surface area contributed by atoms with E-state index in [2.05, 4.69) is 17.9 Å². The van der Waals surface area contributed by atoms with Crippen LogP contribution in [0.4, 0.5) is 4.39 Å². The van der Waals surface area contributed by atoms with Gasteiger partial charge in [0.1, 0.15) is 12.4 Å². The van der Waals surface area contributed by atoms with E-state index in [9.17, 15) is 9.18 Å². The Morgan fingerprint density at radius 3 is 2.81 bits per heavy atom. The number of benzene rings is 1. The van der Waals surface area contributed by atoms with Gasteiger partial charge < -0.3 is 9.30 Å². The molecule has 5 heteroatoms. The van der Waals surface area contributed by atoms with Crippen molar-refractivity contribution in [1.82, 2.24) is 4.57 Å². The molecule has 0 N–H and O–H groups in total. The fourth-order valence-corrected chi connectivity index (χ4v) is 1.74. The molecule has 1 aromatic heterocycles. The summed E-state index contributed by atoms with van der Waals surface area (Å²) in [6, 6.07) is 10.2. The Morgan fingerprint density at radius 2 is 2.14 bits per heavy atom. The van der Waals surface area contributed by atoms with E-state index in [1.165, 1.54) is 22.8 Å². The molecule has 0 bridgehead atoms. The van der Waals surface area contributed by atoms with Crippen LogP contribution in [0.2, 0.25) is 0 Å². The number of nitrogens with zero attached hydrogens (tertiary/aromatic N) is 1. The van der Waals surface area contributed by atoms with Crippen molar-refractivity contribution in [1.29, 1.82) is 0 Å². The second-order valence-electron chi connectivity index (χ2n) is 4.08. The molecule has 0 unspecified atom stereocenters. The quantitative estimate of drug-likeness (QED) is 0.623. The third-order valence-corrected chi connectivity index (χ3v) is 2.80. The van der Waals surface area contributed by atoms with E-state index in [0.717, 1.165) is 0 Å². The van der Waals surface area contributed by atoms with Crippen LogP contribution in [0.15, 0.2) is 35.1 Å². The molecule has 1 heterocycles. The number of rotatable bonds is 3.